The molecule has 156 valence electrons. The summed E-state index contributed by atoms with van der Waals surface area (Å²) in [6.45, 7) is 6.43. The van der Waals surface area contributed by atoms with E-state index < -0.39 is 21.3 Å². The predicted molar refractivity (Wildman–Crippen MR) is 100 cm³/mol. The highest BCUT2D eigenvalue weighted by Crippen LogP contribution is 2.33. The molecule has 4 N–H and O–H groups in total. The van der Waals surface area contributed by atoms with E-state index >= 15 is 0 Å². The normalized spacial score (nSPS) is 23.1. The highest BCUT2D eigenvalue weighted by atomic mass is 32.2. The van der Waals surface area contributed by atoms with E-state index in [0.29, 0.717) is 17.1 Å². The van der Waals surface area contributed by atoms with Crippen molar-refractivity contribution in [3.63, 3.8) is 0 Å². The molecule has 11 heteroatoms. The van der Waals surface area contributed by atoms with Crippen LogP contribution in [0, 0.1) is 5.92 Å². The van der Waals surface area contributed by atoms with Gasteiger partial charge < -0.3 is 25.5 Å². The minimum absolute atomic E-state index is 0.00546. The number of carbonyl (C=O) groups excluding carboxylic acids is 2. The van der Waals surface area contributed by atoms with Crippen molar-refractivity contribution in [2.75, 3.05) is 52.4 Å². The molecule has 0 radical (unpaired) electrons. The van der Waals surface area contributed by atoms with Crippen LogP contribution in [0.25, 0.3) is 0 Å². The SMILES string of the molecule is CC(CO)C(CN)S(=O)(=O)O.O=C1C=C(N2CC2)C(=O)C(N2CC2)=C1N1CC1. The van der Waals surface area contributed by atoms with E-state index in [2.05, 4.69) is 0 Å². The third kappa shape index (κ3) is 4.54. The van der Waals surface area contributed by atoms with Gasteiger partial charge in [0, 0.05) is 58.5 Å². The Labute approximate surface area is 164 Å². The van der Waals surface area contributed by atoms with Crippen LogP contribution in [0.1, 0.15) is 6.92 Å². The van der Waals surface area contributed by atoms with Crippen molar-refractivity contribution in [1.29, 1.82) is 0 Å². The van der Waals surface area contributed by atoms with Crippen LogP contribution in [0.3, 0.4) is 0 Å². The second kappa shape index (κ2) is 7.82. The number of Topliss-reactive ketones (excluding diaryl/α,β-unsaturated/α-hetero) is 1. The first kappa shape index (κ1) is 20.8. The highest BCUT2D eigenvalue weighted by Gasteiger charge is 2.43. The van der Waals surface area contributed by atoms with Gasteiger partial charge in [-0.2, -0.15) is 8.42 Å². The van der Waals surface area contributed by atoms with Gasteiger partial charge in [-0.25, -0.2) is 0 Å². The summed E-state index contributed by atoms with van der Waals surface area (Å²) < 4.78 is 29.6. The van der Waals surface area contributed by atoms with Crippen molar-refractivity contribution < 1.29 is 27.7 Å². The Morgan fingerprint density at radius 1 is 1.04 bits per heavy atom. The Bertz CT molecular complexity index is 825. The monoisotopic (exact) mass is 414 g/mol. The molecule has 28 heavy (non-hydrogen) atoms. The molecule has 3 saturated heterocycles. The molecule has 3 fully saturated rings. The molecule has 0 amide bonds. The van der Waals surface area contributed by atoms with Crippen molar-refractivity contribution in [2.45, 2.75) is 12.2 Å². The molecule has 1 aliphatic carbocycles. The molecular weight excluding hydrogens is 388 g/mol. The molecule has 4 aliphatic rings. The minimum atomic E-state index is -4.11. The average Bonchev–Trinajstić information content (AvgIpc) is 3.48. The zero-order valence-corrected chi connectivity index (χ0v) is 16.6. The number of allylic oxidation sites excluding steroid dienone is 1. The van der Waals surface area contributed by atoms with Crippen LogP contribution in [0.15, 0.2) is 23.2 Å². The lowest BCUT2D eigenvalue weighted by atomic mass is 10.0. The van der Waals surface area contributed by atoms with E-state index in [1.165, 1.54) is 13.0 Å². The van der Waals surface area contributed by atoms with Gasteiger partial charge in [0.15, 0.2) is 0 Å². The second-order valence-electron chi connectivity index (χ2n) is 7.33. The molecule has 3 aliphatic heterocycles. The number of ketones is 2. The van der Waals surface area contributed by atoms with Gasteiger partial charge >= 0.3 is 0 Å². The Kier molecular flexibility index (Phi) is 5.80. The maximum Gasteiger partial charge on any atom is 0.269 e. The van der Waals surface area contributed by atoms with Crippen LogP contribution in [-0.4, -0.2) is 102 Å². The summed E-state index contributed by atoms with van der Waals surface area (Å²) in [6.07, 6.45) is 1.52. The minimum Gasteiger partial charge on any atom is -0.396 e. The van der Waals surface area contributed by atoms with Crippen molar-refractivity contribution in [2.24, 2.45) is 11.7 Å². The molecule has 10 nitrogen and oxygen atoms in total. The average molecular weight is 414 g/mol. The van der Waals surface area contributed by atoms with Gasteiger partial charge in [-0.1, -0.05) is 6.92 Å². The summed E-state index contributed by atoms with van der Waals surface area (Å²) in [5.74, 6) is -0.484. The van der Waals surface area contributed by atoms with Gasteiger partial charge in [-0.15, -0.1) is 0 Å². The van der Waals surface area contributed by atoms with Crippen LogP contribution >= 0.6 is 0 Å². The van der Waals surface area contributed by atoms with Gasteiger partial charge in [0.1, 0.15) is 16.6 Å². The summed E-state index contributed by atoms with van der Waals surface area (Å²) >= 11 is 0. The van der Waals surface area contributed by atoms with Crippen LogP contribution in [0.5, 0.6) is 0 Å². The first-order valence-electron chi connectivity index (χ1n) is 9.26. The highest BCUT2D eigenvalue weighted by molar-refractivity contribution is 7.86. The largest absolute Gasteiger partial charge is 0.396 e. The van der Waals surface area contributed by atoms with Gasteiger partial charge in [0.05, 0.1) is 5.70 Å². The smallest absolute Gasteiger partial charge is 0.269 e. The van der Waals surface area contributed by atoms with E-state index in [1.807, 2.05) is 14.7 Å². The maximum atomic E-state index is 12.4. The summed E-state index contributed by atoms with van der Waals surface area (Å²) in [4.78, 5) is 30.5. The van der Waals surface area contributed by atoms with Crippen LogP contribution in [0.4, 0.5) is 0 Å². The number of hydrogen-bond donors (Lipinski definition) is 3. The molecule has 4 rings (SSSR count). The molecule has 0 aromatic carbocycles. The Morgan fingerprint density at radius 2 is 1.54 bits per heavy atom. The summed E-state index contributed by atoms with van der Waals surface area (Å²) in [6, 6.07) is 0. The van der Waals surface area contributed by atoms with Gasteiger partial charge in [-0.3, -0.25) is 14.1 Å². The molecule has 2 atom stereocenters. The standard InChI is InChI=1S/C12H13N3O2.C5H13NO4S/c16-9-7-8(13-1-2-13)12(17)11(15-5-6-15)10(9)14-3-4-14;1-4(3-7)5(2-6)11(8,9)10/h7H,1-6H2;4-5,7H,2-3,6H2,1H3,(H,8,9,10). The number of rotatable bonds is 7. The summed E-state index contributed by atoms with van der Waals surface area (Å²) in [5.41, 5.74) is 6.97. The lowest BCUT2D eigenvalue weighted by molar-refractivity contribution is -0.117. The van der Waals surface area contributed by atoms with Crippen LogP contribution in [-0.2, 0) is 19.7 Å². The van der Waals surface area contributed by atoms with E-state index in [-0.39, 0.29) is 24.7 Å². The number of aliphatic hydroxyl groups excluding tert-OH is 1. The zero-order valence-electron chi connectivity index (χ0n) is 15.7. The number of nitrogens with two attached hydrogens (primary N) is 1. The van der Waals surface area contributed by atoms with Crippen molar-refractivity contribution in [1.82, 2.24) is 14.7 Å². The van der Waals surface area contributed by atoms with Gasteiger partial charge in [0.25, 0.3) is 10.1 Å². The molecule has 3 heterocycles. The zero-order chi connectivity index (χ0) is 20.6. The fourth-order valence-corrected chi connectivity index (χ4v) is 3.96. The fraction of sp³-hybridized carbons (Fsp3) is 0.647. The van der Waals surface area contributed by atoms with E-state index in [4.69, 9.17) is 15.4 Å². The maximum absolute atomic E-state index is 12.4. The quantitative estimate of drug-likeness (QED) is 0.243. The van der Waals surface area contributed by atoms with E-state index in [9.17, 15) is 18.0 Å². The Hall–Kier alpha value is -1.95. The van der Waals surface area contributed by atoms with Crippen molar-refractivity contribution in [3.05, 3.63) is 23.2 Å². The summed E-state index contributed by atoms with van der Waals surface area (Å²) in [5, 5.41) is 7.51. The van der Waals surface area contributed by atoms with Crippen molar-refractivity contribution in [3.8, 4) is 0 Å². The van der Waals surface area contributed by atoms with E-state index in [0.717, 1.165) is 39.3 Å². The lowest BCUT2D eigenvalue weighted by Crippen LogP contribution is -2.36. The molecule has 0 aromatic rings. The summed E-state index contributed by atoms with van der Waals surface area (Å²) in [7, 11) is -4.11. The van der Waals surface area contributed by atoms with Gasteiger partial charge in [0.2, 0.25) is 11.6 Å². The van der Waals surface area contributed by atoms with Gasteiger partial charge in [-0.05, 0) is 5.92 Å². The number of aliphatic hydroxyl groups is 1. The first-order valence-corrected chi connectivity index (χ1v) is 10.8. The molecule has 0 aromatic heterocycles. The molecule has 0 bridgehead atoms. The fourth-order valence-electron chi connectivity index (χ4n) is 3.04. The van der Waals surface area contributed by atoms with Crippen molar-refractivity contribution >= 4 is 21.7 Å². The second-order valence-corrected chi connectivity index (χ2v) is 8.97. The topological polar surface area (TPSA) is 144 Å². The number of hydrogen-bond acceptors (Lipinski definition) is 9. The third-order valence-corrected chi connectivity index (χ3v) is 6.45. The molecule has 0 spiro atoms. The molecule has 0 saturated carbocycles. The Morgan fingerprint density at radius 3 is 1.89 bits per heavy atom. The number of nitrogens with zero attached hydrogens (tertiary/aromatic N) is 3. The Balaban J connectivity index is 0.000000180. The molecule has 2 unspecified atom stereocenters. The molecular formula is C17H26N4O6S. The van der Waals surface area contributed by atoms with E-state index in [1.54, 1.807) is 0 Å². The van der Waals surface area contributed by atoms with Crippen LogP contribution in [0.2, 0.25) is 0 Å². The number of carbonyl (C=O) groups is 2. The third-order valence-electron chi connectivity index (χ3n) is 5.03. The predicted octanol–water partition coefficient (Wildman–Crippen LogP) is -1.99. The van der Waals surface area contributed by atoms with Crippen LogP contribution < -0.4 is 5.73 Å². The lowest BCUT2D eigenvalue weighted by Gasteiger charge is -2.21. The first-order chi connectivity index (χ1) is 13.2.